The Kier molecular flexibility index (Phi) is 5.13. The number of hydrogen-bond donors (Lipinski definition) is 0. The van der Waals surface area contributed by atoms with Gasteiger partial charge in [-0.1, -0.05) is 0 Å². The van der Waals surface area contributed by atoms with Crippen LogP contribution in [-0.2, 0) is 17.6 Å². The number of ether oxygens (including phenoxy) is 1. The Hall–Kier alpha value is -2.92. The smallest absolute Gasteiger partial charge is 0.227 e. The molecule has 156 valence electrons. The zero-order valence-electron chi connectivity index (χ0n) is 17.5. The second-order valence-corrected chi connectivity index (χ2v) is 8.17. The van der Waals surface area contributed by atoms with Gasteiger partial charge in [0, 0.05) is 56.7 Å². The number of aryl methyl sites for hydroxylation is 3. The summed E-state index contributed by atoms with van der Waals surface area (Å²) >= 11 is 0. The molecule has 2 fully saturated rings. The fourth-order valence-electron chi connectivity index (χ4n) is 4.54. The summed E-state index contributed by atoms with van der Waals surface area (Å²) in [6.07, 6.45) is 3.21. The van der Waals surface area contributed by atoms with Gasteiger partial charge in [0.25, 0.3) is 0 Å². The van der Waals surface area contributed by atoms with E-state index in [1.54, 1.807) is 0 Å². The highest BCUT2D eigenvalue weighted by Gasteiger charge is 2.25. The van der Waals surface area contributed by atoms with E-state index in [-0.39, 0.29) is 0 Å². The molecule has 0 atom stereocenters. The van der Waals surface area contributed by atoms with Crippen molar-refractivity contribution in [3.8, 4) is 6.07 Å². The highest BCUT2D eigenvalue weighted by molar-refractivity contribution is 5.58. The Morgan fingerprint density at radius 2 is 1.67 bits per heavy atom. The van der Waals surface area contributed by atoms with E-state index in [2.05, 4.69) is 37.9 Å². The summed E-state index contributed by atoms with van der Waals surface area (Å²) in [4.78, 5) is 21.1. The molecule has 0 amide bonds. The number of anilines is 3. The summed E-state index contributed by atoms with van der Waals surface area (Å²) in [5, 5.41) is 9.64. The van der Waals surface area contributed by atoms with Gasteiger partial charge in [0.1, 0.15) is 17.7 Å². The Labute approximate surface area is 177 Å². The average Bonchev–Trinajstić information content (AvgIpc) is 3.26. The maximum absolute atomic E-state index is 9.64. The van der Waals surface area contributed by atoms with E-state index in [1.165, 1.54) is 11.3 Å². The summed E-state index contributed by atoms with van der Waals surface area (Å²) in [6.45, 7) is 8.49. The third-order valence-electron chi connectivity index (χ3n) is 6.18. The lowest BCUT2D eigenvalue weighted by Crippen LogP contribution is -2.47. The highest BCUT2D eigenvalue weighted by Crippen LogP contribution is 2.28. The molecule has 0 saturated carbocycles. The number of morpholine rings is 1. The van der Waals surface area contributed by atoms with Crippen LogP contribution in [-0.4, -0.2) is 67.4 Å². The topological polar surface area (TPSA) is 81.4 Å². The number of rotatable bonds is 3. The van der Waals surface area contributed by atoms with E-state index in [0.717, 1.165) is 95.0 Å². The van der Waals surface area contributed by atoms with Crippen molar-refractivity contribution in [1.29, 1.82) is 5.26 Å². The number of nitrogens with zero attached hydrogens (tertiary/aromatic N) is 7. The van der Waals surface area contributed by atoms with Crippen LogP contribution in [0.25, 0.3) is 0 Å². The van der Waals surface area contributed by atoms with Crippen LogP contribution in [0.3, 0.4) is 0 Å². The van der Waals surface area contributed by atoms with E-state index in [0.29, 0.717) is 5.56 Å². The second kappa shape index (κ2) is 8.07. The number of aromatic nitrogens is 3. The van der Waals surface area contributed by atoms with Crippen molar-refractivity contribution in [3.05, 3.63) is 34.6 Å². The fraction of sp³-hybridized carbons (Fsp3) is 0.545. The van der Waals surface area contributed by atoms with Crippen LogP contribution in [0.4, 0.5) is 17.6 Å². The van der Waals surface area contributed by atoms with Crippen molar-refractivity contribution in [1.82, 2.24) is 15.0 Å². The SMILES string of the molecule is Cc1cc(N2CCN(c3nc4c(cc3C#N)CCC4)CC2)nc(N2CCOCC2)n1. The molecule has 5 rings (SSSR count). The van der Waals surface area contributed by atoms with E-state index in [1.807, 2.05) is 6.92 Å². The van der Waals surface area contributed by atoms with Gasteiger partial charge in [0.2, 0.25) is 5.95 Å². The van der Waals surface area contributed by atoms with Gasteiger partial charge < -0.3 is 19.4 Å². The monoisotopic (exact) mass is 405 g/mol. The molecular formula is C22H27N7O. The van der Waals surface area contributed by atoms with Crippen LogP contribution in [0.5, 0.6) is 0 Å². The number of fused-ring (bicyclic) bond motifs is 1. The summed E-state index contributed by atoms with van der Waals surface area (Å²) in [5.41, 5.74) is 4.11. The molecule has 8 heteroatoms. The van der Waals surface area contributed by atoms with Crippen molar-refractivity contribution in [2.24, 2.45) is 0 Å². The molecule has 2 aromatic heterocycles. The lowest BCUT2D eigenvalue weighted by atomic mass is 10.1. The van der Waals surface area contributed by atoms with E-state index < -0.39 is 0 Å². The molecule has 30 heavy (non-hydrogen) atoms. The van der Waals surface area contributed by atoms with Gasteiger partial charge in [-0.15, -0.1) is 0 Å². The average molecular weight is 406 g/mol. The Morgan fingerprint density at radius 3 is 2.43 bits per heavy atom. The number of hydrogen-bond acceptors (Lipinski definition) is 8. The van der Waals surface area contributed by atoms with Crippen molar-refractivity contribution < 1.29 is 4.74 Å². The first-order valence-electron chi connectivity index (χ1n) is 10.8. The van der Waals surface area contributed by atoms with E-state index in [4.69, 9.17) is 14.7 Å². The van der Waals surface area contributed by atoms with Crippen molar-refractivity contribution in [2.75, 3.05) is 67.2 Å². The highest BCUT2D eigenvalue weighted by atomic mass is 16.5. The Balaban J connectivity index is 1.32. The molecule has 1 aliphatic carbocycles. The van der Waals surface area contributed by atoms with Crippen molar-refractivity contribution >= 4 is 17.6 Å². The molecule has 0 radical (unpaired) electrons. The van der Waals surface area contributed by atoms with Crippen LogP contribution in [0.1, 0.15) is 28.9 Å². The van der Waals surface area contributed by atoms with Crippen LogP contribution >= 0.6 is 0 Å². The normalized spacial score (nSPS) is 19.0. The maximum Gasteiger partial charge on any atom is 0.227 e. The van der Waals surface area contributed by atoms with Crippen molar-refractivity contribution in [3.63, 3.8) is 0 Å². The van der Waals surface area contributed by atoms with Gasteiger partial charge in [-0.2, -0.15) is 10.2 Å². The first kappa shape index (κ1) is 19.1. The molecule has 0 spiro atoms. The zero-order chi connectivity index (χ0) is 20.5. The lowest BCUT2D eigenvalue weighted by Gasteiger charge is -2.37. The molecular weight excluding hydrogens is 378 g/mol. The van der Waals surface area contributed by atoms with Gasteiger partial charge in [0.15, 0.2) is 0 Å². The van der Waals surface area contributed by atoms with Gasteiger partial charge in [0.05, 0.1) is 18.8 Å². The van der Waals surface area contributed by atoms with Gasteiger partial charge in [-0.05, 0) is 37.8 Å². The van der Waals surface area contributed by atoms with Gasteiger partial charge in [-0.25, -0.2) is 9.97 Å². The summed E-state index contributed by atoms with van der Waals surface area (Å²) in [5.74, 6) is 2.62. The minimum absolute atomic E-state index is 0.705. The molecule has 0 bridgehead atoms. The number of pyridine rings is 1. The summed E-state index contributed by atoms with van der Waals surface area (Å²) < 4.78 is 5.46. The molecule has 0 N–H and O–H groups in total. The fourth-order valence-corrected chi connectivity index (χ4v) is 4.54. The van der Waals surface area contributed by atoms with Gasteiger partial charge >= 0.3 is 0 Å². The Bertz CT molecular complexity index is 972. The number of nitriles is 1. The molecule has 8 nitrogen and oxygen atoms in total. The van der Waals surface area contributed by atoms with E-state index in [9.17, 15) is 5.26 Å². The lowest BCUT2D eigenvalue weighted by molar-refractivity contribution is 0.122. The predicted octanol–water partition coefficient (Wildman–Crippen LogP) is 1.70. The standard InChI is InChI=1S/C22H27N7O/c1-16-13-20(26-22(24-16)29-9-11-30-12-10-29)27-5-7-28(8-6-27)21-18(15-23)14-17-3-2-4-19(17)25-21/h13-14H,2-12H2,1H3. The summed E-state index contributed by atoms with van der Waals surface area (Å²) in [6, 6.07) is 6.48. The van der Waals surface area contributed by atoms with E-state index >= 15 is 0 Å². The third-order valence-corrected chi connectivity index (χ3v) is 6.18. The molecule has 2 aliphatic heterocycles. The zero-order valence-corrected chi connectivity index (χ0v) is 17.5. The molecule has 0 unspecified atom stereocenters. The maximum atomic E-state index is 9.64. The quantitative estimate of drug-likeness (QED) is 0.763. The minimum Gasteiger partial charge on any atom is -0.378 e. The molecule has 3 aliphatic rings. The van der Waals surface area contributed by atoms with Crippen molar-refractivity contribution in [2.45, 2.75) is 26.2 Å². The molecule has 4 heterocycles. The van der Waals surface area contributed by atoms with Crippen LogP contribution < -0.4 is 14.7 Å². The Morgan fingerprint density at radius 1 is 0.900 bits per heavy atom. The molecule has 2 aromatic rings. The van der Waals surface area contributed by atoms with Crippen LogP contribution in [0, 0.1) is 18.3 Å². The largest absolute Gasteiger partial charge is 0.378 e. The summed E-state index contributed by atoms with van der Waals surface area (Å²) in [7, 11) is 0. The predicted molar refractivity (Wildman–Crippen MR) is 115 cm³/mol. The van der Waals surface area contributed by atoms with Crippen LogP contribution in [0.2, 0.25) is 0 Å². The van der Waals surface area contributed by atoms with Gasteiger partial charge in [-0.3, -0.25) is 0 Å². The second-order valence-electron chi connectivity index (χ2n) is 8.17. The number of piperazine rings is 1. The first-order chi connectivity index (χ1) is 14.7. The molecule has 0 aromatic carbocycles. The minimum atomic E-state index is 0.705. The third kappa shape index (κ3) is 3.65. The molecule has 2 saturated heterocycles. The van der Waals surface area contributed by atoms with Crippen LogP contribution in [0.15, 0.2) is 12.1 Å². The first-order valence-corrected chi connectivity index (χ1v) is 10.8.